The average Bonchev–Trinajstić information content (AvgIpc) is 3.13. The fraction of sp³-hybridized carbons (Fsp3) is 0.333. The molecule has 5 heteroatoms. The summed E-state index contributed by atoms with van der Waals surface area (Å²) < 4.78 is 14.0. The fourth-order valence-electron chi connectivity index (χ4n) is 3.94. The first-order chi connectivity index (χ1) is 12.5. The molecule has 2 heterocycles. The highest BCUT2D eigenvalue weighted by Crippen LogP contribution is 2.29. The minimum absolute atomic E-state index is 0.0729. The number of fused-ring (bicyclic) bond motifs is 2. The molecule has 4 rings (SSSR count). The topological polar surface area (TPSA) is 40.6 Å². The van der Waals surface area contributed by atoms with Crippen LogP contribution in [-0.4, -0.2) is 34.2 Å². The zero-order valence-electron chi connectivity index (χ0n) is 15.0. The van der Waals surface area contributed by atoms with Crippen LogP contribution in [0.1, 0.15) is 51.3 Å². The van der Waals surface area contributed by atoms with Crippen LogP contribution in [0.5, 0.6) is 0 Å². The van der Waals surface area contributed by atoms with E-state index >= 15 is 0 Å². The second kappa shape index (κ2) is 6.24. The van der Waals surface area contributed by atoms with Crippen LogP contribution in [-0.2, 0) is 19.5 Å². The van der Waals surface area contributed by atoms with Crippen molar-refractivity contribution in [3.63, 3.8) is 0 Å². The van der Waals surface area contributed by atoms with Gasteiger partial charge in [0, 0.05) is 31.2 Å². The monoisotopic (exact) mass is 352 g/mol. The summed E-state index contributed by atoms with van der Waals surface area (Å²) in [7, 11) is 0. The zero-order chi connectivity index (χ0) is 18.4. The van der Waals surface area contributed by atoms with Crippen molar-refractivity contribution < 1.29 is 14.0 Å². The summed E-state index contributed by atoms with van der Waals surface area (Å²) in [5, 5.41) is 0. The second-order valence-electron chi connectivity index (χ2n) is 7.07. The van der Waals surface area contributed by atoms with E-state index in [1.54, 1.807) is 17.0 Å². The lowest BCUT2D eigenvalue weighted by Gasteiger charge is -2.24. The highest BCUT2D eigenvalue weighted by molar-refractivity contribution is 5.99. The van der Waals surface area contributed by atoms with Gasteiger partial charge in [-0.3, -0.25) is 9.59 Å². The third-order valence-corrected chi connectivity index (χ3v) is 5.41. The van der Waals surface area contributed by atoms with Gasteiger partial charge in [0.05, 0.1) is 5.56 Å². The van der Waals surface area contributed by atoms with Crippen LogP contribution in [0.3, 0.4) is 0 Å². The SMILES string of the molecule is CCN1Cc2ccc(CC(C)N3Cc4cccc(F)c4C3=O)cc2C1=O. The molecule has 1 atom stereocenters. The lowest BCUT2D eigenvalue weighted by Crippen LogP contribution is -2.35. The van der Waals surface area contributed by atoms with Gasteiger partial charge >= 0.3 is 0 Å². The van der Waals surface area contributed by atoms with Crippen LogP contribution < -0.4 is 0 Å². The van der Waals surface area contributed by atoms with E-state index < -0.39 is 5.82 Å². The number of hydrogen-bond acceptors (Lipinski definition) is 2. The molecule has 0 spiro atoms. The van der Waals surface area contributed by atoms with Gasteiger partial charge in [-0.1, -0.05) is 24.3 Å². The van der Waals surface area contributed by atoms with Crippen LogP contribution in [0.2, 0.25) is 0 Å². The van der Waals surface area contributed by atoms with Crippen LogP contribution in [0, 0.1) is 5.82 Å². The van der Waals surface area contributed by atoms with Crippen LogP contribution in [0.4, 0.5) is 4.39 Å². The lowest BCUT2D eigenvalue weighted by atomic mass is 10.0. The summed E-state index contributed by atoms with van der Waals surface area (Å²) in [6, 6.07) is 10.7. The molecule has 0 radical (unpaired) electrons. The molecule has 0 bridgehead atoms. The van der Waals surface area contributed by atoms with Gasteiger partial charge in [0.25, 0.3) is 11.8 Å². The molecule has 2 aromatic carbocycles. The summed E-state index contributed by atoms with van der Waals surface area (Å²) in [5.41, 5.74) is 3.78. The largest absolute Gasteiger partial charge is 0.335 e. The molecule has 0 saturated carbocycles. The molecule has 0 aromatic heterocycles. The lowest BCUT2D eigenvalue weighted by molar-refractivity contribution is 0.0712. The van der Waals surface area contributed by atoms with Crippen LogP contribution in [0.25, 0.3) is 0 Å². The van der Waals surface area contributed by atoms with Gasteiger partial charge in [0.15, 0.2) is 0 Å². The third-order valence-electron chi connectivity index (χ3n) is 5.41. The van der Waals surface area contributed by atoms with Crippen molar-refractivity contribution in [1.29, 1.82) is 0 Å². The van der Waals surface area contributed by atoms with Gasteiger partial charge in [-0.2, -0.15) is 0 Å². The number of benzene rings is 2. The van der Waals surface area contributed by atoms with Crippen molar-refractivity contribution in [2.45, 2.75) is 39.4 Å². The molecular formula is C21H21FN2O2. The molecule has 2 aliphatic rings. The van der Waals surface area contributed by atoms with Crippen molar-refractivity contribution in [3.05, 3.63) is 70.0 Å². The smallest absolute Gasteiger partial charge is 0.257 e. The van der Waals surface area contributed by atoms with E-state index in [1.807, 2.05) is 36.9 Å². The zero-order valence-corrected chi connectivity index (χ0v) is 15.0. The first kappa shape index (κ1) is 16.8. The molecular weight excluding hydrogens is 331 g/mol. The Morgan fingerprint density at radius 3 is 2.62 bits per heavy atom. The number of halogens is 1. The maximum absolute atomic E-state index is 14.0. The molecule has 2 aromatic rings. The van der Waals surface area contributed by atoms with E-state index in [1.165, 1.54) is 6.07 Å². The molecule has 0 saturated heterocycles. The molecule has 0 aliphatic carbocycles. The molecule has 1 unspecified atom stereocenters. The second-order valence-corrected chi connectivity index (χ2v) is 7.07. The Labute approximate surface area is 152 Å². The third kappa shape index (κ3) is 2.59. The van der Waals surface area contributed by atoms with Crippen molar-refractivity contribution in [3.8, 4) is 0 Å². The predicted octanol–water partition coefficient (Wildman–Crippen LogP) is 3.39. The van der Waals surface area contributed by atoms with E-state index in [9.17, 15) is 14.0 Å². The average molecular weight is 352 g/mol. The molecule has 0 N–H and O–H groups in total. The summed E-state index contributed by atoms with van der Waals surface area (Å²) in [4.78, 5) is 28.5. The highest BCUT2D eigenvalue weighted by Gasteiger charge is 2.33. The van der Waals surface area contributed by atoms with Crippen LogP contribution in [0.15, 0.2) is 36.4 Å². The summed E-state index contributed by atoms with van der Waals surface area (Å²) in [5.74, 6) is -0.631. The van der Waals surface area contributed by atoms with Crippen molar-refractivity contribution in [2.75, 3.05) is 6.54 Å². The Morgan fingerprint density at radius 2 is 1.88 bits per heavy atom. The van der Waals surface area contributed by atoms with Gasteiger partial charge in [0.2, 0.25) is 0 Å². The van der Waals surface area contributed by atoms with Gasteiger partial charge in [-0.25, -0.2) is 4.39 Å². The number of nitrogens with zero attached hydrogens (tertiary/aromatic N) is 2. The van der Waals surface area contributed by atoms with Gasteiger partial charge < -0.3 is 9.80 Å². The number of carbonyl (C=O) groups excluding carboxylic acids is 2. The molecule has 2 aliphatic heterocycles. The van der Waals surface area contributed by atoms with Crippen molar-refractivity contribution in [1.82, 2.24) is 9.80 Å². The van der Waals surface area contributed by atoms with Crippen molar-refractivity contribution >= 4 is 11.8 Å². The number of rotatable bonds is 4. The van der Waals surface area contributed by atoms with E-state index in [0.717, 1.165) is 22.3 Å². The van der Waals surface area contributed by atoms with Crippen LogP contribution >= 0.6 is 0 Å². The first-order valence-corrected chi connectivity index (χ1v) is 8.99. The van der Waals surface area contributed by atoms with E-state index in [2.05, 4.69) is 0 Å². The Hall–Kier alpha value is -2.69. The normalized spacial score (nSPS) is 16.9. The Kier molecular flexibility index (Phi) is 4.02. The quantitative estimate of drug-likeness (QED) is 0.846. The van der Waals surface area contributed by atoms with Gasteiger partial charge in [0.1, 0.15) is 5.82 Å². The molecule has 134 valence electrons. The number of amides is 2. The van der Waals surface area contributed by atoms with Gasteiger partial charge in [-0.05, 0) is 49.1 Å². The molecule has 0 fully saturated rings. The summed E-state index contributed by atoms with van der Waals surface area (Å²) >= 11 is 0. The molecule has 2 amide bonds. The Bertz CT molecular complexity index is 909. The Balaban J connectivity index is 1.53. The minimum atomic E-state index is -0.454. The summed E-state index contributed by atoms with van der Waals surface area (Å²) in [6.45, 7) is 5.74. The highest BCUT2D eigenvalue weighted by atomic mass is 19.1. The standard InChI is InChI=1S/C21H21FN2O2/c1-3-23-11-15-8-7-14(10-17(15)20(23)25)9-13(2)24-12-16-5-4-6-18(22)19(16)21(24)26/h4-8,10,13H,3,9,11-12H2,1-2H3. The minimum Gasteiger partial charge on any atom is -0.335 e. The number of hydrogen-bond donors (Lipinski definition) is 0. The van der Waals surface area contributed by atoms with E-state index in [-0.39, 0.29) is 23.4 Å². The predicted molar refractivity (Wildman–Crippen MR) is 96.3 cm³/mol. The van der Waals surface area contributed by atoms with E-state index in [4.69, 9.17) is 0 Å². The molecule has 4 nitrogen and oxygen atoms in total. The Morgan fingerprint density at radius 1 is 1.08 bits per heavy atom. The molecule has 26 heavy (non-hydrogen) atoms. The van der Waals surface area contributed by atoms with Crippen molar-refractivity contribution in [2.24, 2.45) is 0 Å². The number of carbonyl (C=O) groups is 2. The fourth-order valence-corrected chi connectivity index (χ4v) is 3.94. The summed E-state index contributed by atoms with van der Waals surface area (Å²) in [6.07, 6.45) is 0.633. The maximum atomic E-state index is 14.0. The van der Waals surface area contributed by atoms with Gasteiger partial charge in [-0.15, -0.1) is 0 Å². The maximum Gasteiger partial charge on any atom is 0.257 e. The first-order valence-electron chi connectivity index (χ1n) is 8.99. The van der Waals surface area contributed by atoms with E-state index in [0.29, 0.717) is 26.1 Å².